The van der Waals surface area contributed by atoms with Gasteiger partial charge in [-0.2, -0.15) is 0 Å². The van der Waals surface area contributed by atoms with E-state index in [1.807, 2.05) is 0 Å². The molecule has 0 amide bonds. The highest BCUT2D eigenvalue weighted by molar-refractivity contribution is 5.78. The summed E-state index contributed by atoms with van der Waals surface area (Å²) in [5.74, 6) is -3.62. The lowest BCUT2D eigenvalue weighted by Crippen LogP contribution is -2.61. The topological polar surface area (TPSA) is 87.0 Å². The second kappa shape index (κ2) is 2.69. The van der Waals surface area contributed by atoms with Crippen molar-refractivity contribution in [3.05, 3.63) is 0 Å². The van der Waals surface area contributed by atoms with Gasteiger partial charge in [-0.25, -0.2) is 4.79 Å². The van der Waals surface area contributed by atoms with Crippen LogP contribution in [0.4, 0.5) is 0 Å². The predicted molar refractivity (Wildman–Crippen MR) is 38.4 cm³/mol. The summed E-state index contributed by atoms with van der Waals surface area (Å²) in [7, 11) is 0. The summed E-state index contributed by atoms with van der Waals surface area (Å²) < 4.78 is 4.84. The zero-order valence-corrected chi connectivity index (χ0v) is 6.78. The van der Waals surface area contributed by atoms with Crippen molar-refractivity contribution in [2.45, 2.75) is 31.2 Å². The van der Waals surface area contributed by atoms with Crippen molar-refractivity contribution in [2.24, 2.45) is 0 Å². The van der Waals surface area contributed by atoms with E-state index in [1.54, 1.807) is 0 Å². The molecule has 5 nitrogen and oxygen atoms in total. The Hall–Kier alpha value is -0.650. The molecule has 1 aliphatic heterocycles. The molecule has 1 heterocycles. The molecule has 70 valence electrons. The van der Waals surface area contributed by atoms with Gasteiger partial charge in [0, 0.05) is 13.0 Å². The fourth-order valence-electron chi connectivity index (χ4n) is 1.18. The second-order valence-corrected chi connectivity index (χ2v) is 3.11. The van der Waals surface area contributed by atoms with Crippen LogP contribution in [0.5, 0.6) is 0 Å². The van der Waals surface area contributed by atoms with E-state index in [-0.39, 0.29) is 13.0 Å². The largest absolute Gasteiger partial charge is 0.479 e. The molecule has 0 saturated carbocycles. The van der Waals surface area contributed by atoms with E-state index < -0.39 is 17.4 Å². The maximum Gasteiger partial charge on any atom is 0.341 e. The van der Waals surface area contributed by atoms with Gasteiger partial charge < -0.3 is 20.1 Å². The Morgan fingerprint density at radius 2 is 2.08 bits per heavy atom. The second-order valence-electron chi connectivity index (χ2n) is 3.11. The minimum absolute atomic E-state index is 0.0236. The first-order chi connectivity index (χ1) is 5.40. The average molecular weight is 176 g/mol. The first kappa shape index (κ1) is 9.44. The quantitative estimate of drug-likeness (QED) is 0.461. The lowest BCUT2D eigenvalue weighted by molar-refractivity contribution is -0.301. The minimum atomic E-state index is -2.27. The van der Waals surface area contributed by atoms with Crippen molar-refractivity contribution in [2.75, 3.05) is 6.61 Å². The molecule has 0 bridgehead atoms. The zero-order chi connectivity index (χ0) is 9.41. The van der Waals surface area contributed by atoms with Gasteiger partial charge in [-0.15, -0.1) is 0 Å². The molecular formula is C7H12O5. The van der Waals surface area contributed by atoms with Crippen LogP contribution in [0, 0.1) is 0 Å². The summed E-state index contributed by atoms with van der Waals surface area (Å²) in [6, 6.07) is 0. The number of carbonyl (C=O) groups is 1. The Morgan fingerprint density at radius 1 is 1.50 bits per heavy atom. The first-order valence-electron chi connectivity index (χ1n) is 3.72. The maximum absolute atomic E-state index is 10.6. The Balaban J connectivity index is 2.91. The molecule has 0 radical (unpaired) electrons. The number of ether oxygens (including phenoxy) is 1. The van der Waals surface area contributed by atoms with Gasteiger partial charge in [-0.3, -0.25) is 0 Å². The van der Waals surface area contributed by atoms with Gasteiger partial charge in [0.1, 0.15) is 0 Å². The fourth-order valence-corrected chi connectivity index (χ4v) is 1.18. The predicted octanol–water partition coefficient (Wildman–Crippen LogP) is -0.679. The van der Waals surface area contributed by atoms with Gasteiger partial charge in [0.25, 0.3) is 0 Å². The normalized spacial score (nSPS) is 34.6. The van der Waals surface area contributed by atoms with Crippen molar-refractivity contribution in [1.29, 1.82) is 0 Å². The number of aliphatic carboxylic acids is 1. The van der Waals surface area contributed by atoms with Crippen LogP contribution in [0.25, 0.3) is 0 Å². The van der Waals surface area contributed by atoms with Gasteiger partial charge in [-0.05, 0) is 13.3 Å². The summed E-state index contributed by atoms with van der Waals surface area (Å²) in [4.78, 5) is 10.6. The monoisotopic (exact) mass is 176 g/mol. The average Bonchev–Trinajstić information content (AvgIpc) is 1.95. The summed E-state index contributed by atoms with van der Waals surface area (Å²) >= 11 is 0. The molecule has 12 heavy (non-hydrogen) atoms. The van der Waals surface area contributed by atoms with Crippen molar-refractivity contribution < 1.29 is 24.9 Å². The van der Waals surface area contributed by atoms with Crippen LogP contribution in [0.15, 0.2) is 0 Å². The van der Waals surface area contributed by atoms with Crippen molar-refractivity contribution in [3.8, 4) is 0 Å². The number of hydrogen-bond donors (Lipinski definition) is 3. The Labute approximate surface area is 69.6 Å². The summed E-state index contributed by atoms with van der Waals surface area (Å²) in [6.45, 7) is 1.40. The van der Waals surface area contributed by atoms with E-state index in [1.165, 1.54) is 0 Å². The highest BCUT2D eigenvalue weighted by atomic mass is 16.6. The molecule has 1 unspecified atom stereocenters. The molecule has 3 N–H and O–H groups in total. The number of carboxylic acids is 1. The molecule has 0 aliphatic carbocycles. The Morgan fingerprint density at radius 3 is 2.42 bits per heavy atom. The van der Waals surface area contributed by atoms with Gasteiger partial charge in [0.15, 0.2) is 0 Å². The van der Waals surface area contributed by atoms with Crippen LogP contribution in [0.3, 0.4) is 0 Å². The van der Waals surface area contributed by atoms with Crippen LogP contribution < -0.4 is 0 Å². The lowest BCUT2D eigenvalue weighted by atomic mass is 9.89. The Bertz CT molecular complexity index is 200. The van der Waals surface area contributed by atoms with Crippen molar-refractivity contribution >= 4 is 5.97 Å². The zero-order valence-electron chi connectivity index (χ0n) is 6.78. The van der Waals surface area contributed by atoms with Gasteiger partial charge in [-0.1, -0.05) is 0 Å². The number of carboxylic acid groups (broad SMARTS) is 1. The smallest absolute Gasteiger partial charge is 0.341 e. The van der Waals surface area contributed by atoms with Gasteiger partial charge >= 0.3 is 5.97 Å². The summed E-state index contributed by atoms with van der Waals surface area (Å²) in [5.41, 5.74) is -1.90. The standard InChI is InChI=1S/C7H12O5/c1-6(5(8)9)7(10,11)3-2-4-12-6/h10-11H,2-4H2,1H3,(H,8,9). The van der Waals surface area contributed by atoms with E-state index in [9.17, 15) is 15.0 Å². The van der Waals surface area contributed by atoms with Crippen molar-refractivity contribution in [3.63, 3.8) is 0 Å². The summed E-state index contributed by atoms with van der Waals surface area (Å²) in [6.07, 6.45) is 0.478. The van der Waals surface area contributed by atoms with E-state index in [0.29, 0.717) is 6.42 Å². The third kappa shape index (κ3) is 1.20. The number of aliphatic hydroxyl groups is 2. The number of hydrogen-bond acceptors (Lipinski definition) is 4. The molecule has 0 aromatic carbocycles. The SMILES string of the molecule is CC1(C(=O)O)OCCCC1(O)O. The Kier molecular flexibility index (Phi) is 2.11. The van der Waals surface area contributed by atoms with Crippen LogP contribution in [-0.2, 0) is 9.53 Å². The number of rotatable bonds is 1. The highest BCUT2D eigenvalue weighted by Crippen LogP contribution is 2.32. The van der Waals surface area contributed by atoms with Gasteiger partial charge in [0.05, 0.1) is 0 Å². The highest BCUT2D eigenvalue weighted by Gasteiger charge is 2.55. The third-order valence-corrected chi connectivity index (χ3v) is 2.23. The maximum atomic E-state index is 10.6. The van der Waals surface area contributed by atoms with Crippen LogP contribution in [-0.4, -0.2) is 39.3 Å². The minimum Gasteiger partial charge on any atom is -0.479 e. The van der Waals surface area contributed by atoms with Gasteiger partial charge in [0.2, 0.25) is 11.4 Å². The van der Waals surface area contributed by atoms with Crippen LogP contribution >= 0.6 is 0 Å². The third-order valence-electron chi connectivity index (χ3n) is 2.23. The molecule has 0 spiro atoms. The van der Waals surface area contributed by atoms with E-state index in [4.69, 9.17) is 9.84 Å². The fraction of sp³-hybridized carbons (Fsp3) is 0.857. The van der Waals surface area contributed by atoms with E-state index >= 15 is 0 Å². The van der Waals surface area contributed by atoms with Crippen LogP contribution in [0.2, 0.25) is 0 Å². The summed E-state index contributed by atoms with van der Waals surface area (Å²) in [5, 5.41) is 27.3. The molecule has 0 aromatic heterocycles. The molecule has 1 atom stereocenters. The molecule has 1 aliphatic rings. The molecule has 1 fully saturated rings. The molecule has 1 saturated heterocycles. The molecule has 5 heteroatoms. The molecule has 1 rings (SSSR count). The van der Waals surface area contributed by atoms with E-state index in [0.717, 1.165) is 6.92 Å². The lowest BCUT2D eigenvalue weighted by Gasteiger charge is -2.40. The van der Waals surface area contributed by atoms with E-state index in [2.05, 4.69) is 0 Å². The van der Waals surface area contributed by atoms with Crippen LogP contribution in [0.1, 0.15) is 19.8 Å². The van der Waals surface area contributed by atoms with Crippen molar-refractivity contribution in [1.82, 2.24) is 0 Å². The first-order valence-corrected chi connectivity index (χ1v) is 3.72. The molecular weight excluding hydrogens is 164 g/mol. The molecule has 0 aromatic rings.